The molecule has 0 spiro atoms. The summed E-state index contributed by atoms with van der Waals surface area (Å²) in [5.41, 5.74) is 8.79. The molecule has 0 radical (unpaired) electrons. The lowest BCUT2D eigenvalue weighted by Gasteiger charge is -2.36. The fourth-order valence-electron chi connectivity index (χ4n) is 6.31. The van der Waals surface area contributed by atoms with E-state index in [9.17, 15) is 8.42 Å². The van der Waals surface area contributed by atoms with Crippen LogP contribution in [-0.4, -0.2) is 53.2 Å². The Balaban J connectivity index is 1.13. The summed E-state index contributed by atoms with van der Waals surface area (Å²) in [6.45, 7) is 6.44. The number of fused-ring (bicyclic) bond motifs is 1. The molecule has 3 aromatic rings. The first kappa shape index (κ1) is 28.2. The first-order chi connectivity index (χ1) is 18.8. The Hall–Kier alpha value is -2.36. The zero-order valence-electron chi connectivity index (χ0n) is 23.2. The van der Waals surface area contributed by atoms with Crippen LogP contribution >= 0.6 is 11.3 Å². The molecule has 1 aromatic carbocycles. The van der Waals surface area contributed by atoms with Gasteiger partial charge in [-0.3, -0.25) is 0 Å². The topological polar surface area (TPSA) is 102 Å². The second-order valence-corrected chi connectivity index (χ2v) is 14.5. The van der Waals surface area contributed by atoms with Crippen molar-refractivity contribution in [3.05, 3.63) is 52.8 Å². The molecule has 0 unspecified atom stereocenters. The number of hydrogen-bond donors (Lipinski definition) is 1. The van der Waals surface area contributed by atoms with Gasteiger partial charge in [-0.15, -0.1) is 11.3 Å². The number of nitrogens with zero attached hydrogens (tertiary/aromatic N) is 4. The maximum Gasteiger partial charge on any atom is 0.180 e. The van der Waals surface area contributed by atoms with Crippen LogP contribution in [0.2, 0.25) is 0 Å². The van der Waals surface area contributed by atoms with E-state index in [-0.39, 0.29) is 11.7 Å². The summed E-state index contributed by atoms with van der Waals surface area (Å²) >= 11 is 1.66. The van der Waals surface area contributed by atoms with Crippen LogP contribution in [0.1, 0.15) is 68.1 Å². The summed E-state index contributed by atoms with van der Waals surface area (Å²) in [5, 5.41) is 0.703. The summed E-state index contributed by atoms with van der Waals surface area (Å²) in [4.78, 5) is 17.7. The van der Waals surface area contributed by atoms with E-state index < -0.39 is 9.84 Å². The van der Waals surface area contributed by atoms with Gasteiger partial charge in [0.25, 0.3) is 0 Å². The zero-order valence-corrected chi connectivity index (χ0v) is 24.8. The number of benzene rings is 1. The third kappa shape index (κ3) is 7.05. The summed E-state index contributed by atoms with van der Waals surface area (Å²) < 4.78 is 26.6. The van der Waals surface area contributed by atoms with Crippen LogP contribution in [0.4, 0.5) is 5.13 Å². The molecule has 2 N–H and O–H groups in total. The number of hydrogen-bond acceptors (Lipinski definition) is 8. The van der Waals surface area contributed by atoms with Gasteiger partial charge in [-0.25, -0.2) is 23.4 Å². The highest BCUT2D eigenvalue weighted by Crippen LogP contribution is 2.35. The average Bonchev–Trinajstić information content (AvgIpc) is 3.31. The van der Waals surface area contributed by atoms with Gasteiger partial charge in [0, 0.05) is 28.4 Å². The normalized spacial score (nSPS) is 21.7. The quantitative estimate of drug-likeness (QED) is 0.334. The number of sulfone groups is 1. The van der Waals surface area contributed by atoms with E-state index in [2.05, 4.69) is 26.8 Å². The molecule has 39 heavy (non-hydrogen) atoms. The number of aryl methyl sites for hydroxylation is 2. The van der Waals surface area contributed by atoms with Crippen LogP contribution in [-0.2, 0) is 22.7 Å². The van der Waals surface area contributed by atoms with Gasteiger partial charge in [-0.1, -0.05) is 31.9 Å². The summed E-state index contributed by atoms with van der Waals surface area (Å²) in [5.74, 6) is 1.70. The molecule has 5 rings (SSSR count). The molecule has 2 heterocycles. The Kier molecular flexibility index (Phi) is 8.99. The van der Waals surface area contributed by atoms with Crippen molar-refractivity contribution >= 4 is 26.3 Å². The van der Waals surface area contributed by atoms with Crippen molar-refractivity contribution in [3.63, 3.8) is 0 Å². The minimum Gasteiger partial charge on any atom is -0.375 e. The van der Waals surface area contributed by atoms with Crippen molar-refractivity contribution in [3.8, 4) is 11.4 Å². The Morgan fingerprint density at radius 3 is 2.62 bits per heavy atom. The SMILES string of the molecule is CCCN(CCC1CCC(CS(=O)(=O)c2cccc(-c3nccc(C)n3)c2)CC1)[C@H]1CCc2nc(N)sc2C1. The maximum atomic E-state index is 13.3. The summed E-state index contributed by atoms with van der Waals surface area (Å²) in [6.07, 6.45) is 11.6. The summed E-state index contributed by atoms with van der Waals surface area (Å²) in [6, 6.07) is 9.53. The maximum absolute atomic E-state index is 13.3. The number of nitrogens with two attached hydrogens (primary N) is 1. The molecule has 2 aliphatic rings. The van der Waals surface area contributed by atoms with E-state index in [0.29, 0.717) is 27.8 Å². The van der Waals surface area contributed by atoms with Gasteiger partial charge < -0.3 is 10.6 Å². The standard InChI is InChI=1S/C30H41N5O2S2/c1-3-16-35(25-11-12-27-28(19-25)38-30(31)34-27)17-14-22-7-9-23(10-8-22)20-39(36,37)26-6-4-5-24(18-26)29-32-15-13-21(2)33-29/h4-6,13,15,18,22-23,25H,3,7-12,14,16-17,19-20H2,1-2H3,(H2,31,34)/t22?,23?,25-/m0/s1. The summed E-state index contributed by atoms with van der Waals surface area (Å²) in [7, 11) is -3.37. The van der Waals surface area contributed by atoms with Crippen LogP contribution in [0.3, 0.4) is 0 Å². The zero-order chi connectivity index (χ0) is 27.4. The lowest BCUT2D eigenvalue weighted by Crippen LogP contribution is -2.41. The van der Waals surface area contributed by atoms with Gasteiger partial charge >= 0.3 is 0 Å². The minimum atomic E-state index is -3.37. The molecule has 0 saturated heterocycles. The van der Waals surface area contributed by atoms with Crippen LogP contribution < -0.4 is 5.73 Å². The lowest BCUT2D eigenvalue weighted by atomic mass is 9.81. The number of thiazole rings is 1. The molecule has 1 fully saturated rings. The smallest absolute Gasteiger partial charge is 0.180 e. The Morgan fingerprint density at radius 1 is 1.05 bits per heavy atom. The third-order valence-electron chi connectivity index (χ3n) is 8.45. The number of anilines is 1. The molecule has 9 heteroatoms. The number of aromatic nitrogens is 3. The fraction of sp³-hybridized carbons (Fsp3) is 0.567. The highest BCUT2D eigenvalue weighted by atomic mass is 32.2. The average molecular weight is 568 g/mol. The second-order valence-electron chi connectivity index (χ2n) is 11.4. The van der Waals surface area contributed by atoms with E-state index >= 15 is 0 Å². The van der Waals surface area contributed by atoms with E-state index in [1.807, 2.05) is 19.1 Å². The molecule has 7 nitrogen and oxygen atoms in total. The molecule has 0 bridgehead atoms. The van der Waals surface area contributed by atoms with E-state index in [0.717, 1.165) is 75.7 Å². The first-order valence-electron chi connectivity index (χ1n) is 14.4. The Bertz CT molecular complexity index is 1370. The van der Waals surface area contributed by atoms with Gasteiger partial charge in [-0.05, 0) is 95.0 Å². The van der Waals surface area contributed by atoms with Crippen molar-refractivity contribution in [2.75, 3.05) is 24.6 Å². The molecule has 2 aromatic heterocycles. The van der Waals surface area contributed by atoms with Crippen molar-refractivity contribution in [2.24, 2.45) is 11.8 Å². The van der Waals surface area contributed by atoms with Crippen LogP contribution in [0.25, 0.3) is 11.4 Å². The first-order valence-corrected chi connectivity index (χ1v) is 16.9. The van der Waals surface area contributed by atoms with Crippen LogP contribution in [0.15, 0.2) is 41.4 Å². The molecule has 0 amide bonds. The van der Waals surface area contributed by atoms with Gasteiger partial charge in [0.1, 0.15) is 0 Å². The monoisotopic (exact) mass is 567 g/mol. The van der Waals surface area contributed by atoms with Crippen LogP contribution in [0, 0.1) is 18.8 Å². The third-order valence-corrected chi connectivity index (χ3v) is 11.3. The second kappa shape index (κ2) is 12.4. The number of nitrogen functional groups attached to an aromatic ring is 1. The van der Waals surface area contributed by atoms with Crippen molar-refractivity contribution in [1.82, 2.24) is 19.9 Å². The molecule has 210 valence electrons. The highest BCUT2D eigenvalue weighted by Gasteiger charge is 2.29. The van der Waals surface area contributed by atoms with Crippen molar-refractivity contribution in [1.29, 1.82) is 0 Å². The van der Waals surface area contributed by atoms with Gasteiger partial charge in [0.2, 0.25) is 0 Å². The minimum absolute atomic E-state index is 0.224. The molecular formula is C30H41N5O2S2. The Morgan fingerprint density at radius 2 is 1.85 bits per heavy atom. The van der Waals surface area contributed by atoms with Gasteiger partial charge in [0.15, 0.2) is 20.8 Å². The predicted molar refractivity (Wildman–Crippen MR) is 159 cm³/mol. The number of rotatable bonds is 10. The molecule has 1 saturated carbocycles. The van der Waals surface area contributed by atoms with Crippen molar-refractivity contribution in [2.45, 2.75) is 82.6 Å². The largest absolute Gasteiger partial charge is 0.375 e. The van der Waals surface area contributed by atoms with Gasteiger partial charge in [-0.2, -0.15) is 0 Å². The fourth-order valence-corrected chi connectivity index (χ4v) is 9.00. The van der Waals surface area contributed by atoms with E-state index in [1.54, 1.807) is 35.7 Å². The lowest BCUT2D eigenvalue weighted by molar-refractivity contribution is 0.156. The van der Waals surface area contributed by atoms with E-state index in [1.165, 1.54) is 17.0 Å². The predicted octanol–water partition coefficient (Wildman–Crippen LogP) is 5.73. The van der Waals surface area contributed by atoms with Crippen molar-refractivity contribution < 1.29 is 8.42 Å². The Labute approximate surface area is 237 Å². The van der Waals surface area contributed by atoms with Crippen LogP contribution in [0.5, 0.6) is 0 Å². The molecule has 1 atom stereocenters. The van der Waals surface area contributed by atoms with Gasteiger partial charge in [0.05, 0.1) is 16.3 Å². The molecule has 2 aliphatic carbocycles. The van der Waals surface area contributed by atoms with E-state index in [4.69, 9.17) is 5.73 Å². The molecular weight excluding hydrogens is 526 g/mol. The highest BCUT2D eigenvalue weighted by molar-refractivity contribution is 7.91. The molecule has 0 aliphatic heterocycles.